The molecule has 0 aromatic rings. The summed E-state index contributed by atoms with van der Waals surface area (Å²) in [7, 11) is 0. The van der Waals surface area contributed by atoms with Gasteiger partial charge in [0, 0.05) is 6.42 Å². The molecule has 0 aromatic heterocycles. The number of hydrogen-bond donors (Lipinski definition) is 9. The lowest BCUT2D eigenvalue weighted by Crippen LogP contribution is -2.65. The predicted octanol–water partition coefficient (Wildman–Crippen LogP) is 20.5. The molecule has 0 radical (unpaired) electrons. The van der Waals surface area contributed by atoms with Gasteiger partial charge in [-0.2, -0.15) is 0 Å². The normalized spacial score (nSPS) is 22.1. The third-order valence-electron chi connectivity index (χ3n) is 19.7. The van der Waals surface area contributed by atoms with Crippen molar-refractivity contribution in [2.75, 3.05) is 19.8 Å². The fourth-order valence-electron chi connectivity index (χ4n) is 13.0. The smallest absolute Gasteiger partial charge is 0.220 e. The van der Waals surface area contributed by atoms with E-state index >= 15 is 0 Å². The average molecular weight is 1480 g/mol. The lowest BCUT2D eigenvalue weighted by Gasteiger charge is -2.46. The summed E-state index contributed by atoms with van der Waals surface area (Å²) in [5.41, 5.74) is 0. The molecule has 106 heavy (non-hydrogen) atoms. The monoisotopic (exact) mass is 1480 g/mol. The van der Waals surface area contributed by atoms with Gasteiger partial charge in [0.1, 0.15) is 48.8 Å². The van der Waals surface area contributed by atoms with E-state index in [0.29, 0.717) is 12.8 Å². The number of ether oxygens (including phenoxy) is 4. The SMILES string of the molecule is CC/C=C\C/C=C\C/C=C\C/C=C\C/C=C\C/C=C\C/C=C\C/C=C\C/C=C\C/C=C\C/C=C\CCCCCCCCCC(=O)NC(COC1OC(CO)C(OC2OC(CO)C(O)C(O)C2O)C(O)C1O)C(O)/C=C/CC/C=C/CCCCCCCCCCCCCCCCCCCCCCCCCCC. The summed E-state index contributed by atoms with van der Waals surface area (Å²) < 4.78 is 22.9. The van der Waals surface area contributed by atoms with E-state index in [9.17, 15) is 45.6 Å². The number of aliphatic hydroxyl groups is 8. The topological polar surface area (TPSA) is 228 Å². The molecular formula is C92H155NO13. The van der Waals surface area contributed by atoms with Crippen LogP contribution in [0.15, 0.2) is 158 Å². The van der Waals surface area contributed by atoms with Gasteiger partial charge in [0.15, 0.2) is 12.6 Å². The van der Waals surface area contributed by atoms with Crippen LogP contribution in [0.1, 0.15) is 322 Å². The molecule has 2 rings (SSSR count). The first kappa shape index (κ1) is 97.7. The van der Waals surface area contributed by atoms with Crippen LogP contribution in [-0.4, -0.2) is 140 Å². The number of amides is 1. The van der Waals surface area contributed by atoms with Gasteiger partial charge in [-0.15, -0.1) is 0 Å². The standard InChI is InChI=1S/C92H155NO13/c1-3-5-7-9-11-13-15-17-19-21-23-25-27-29-31-33-35-36-37-38-39-40-41-42-43-44-46-48-50-52-54-56-58-60-62-64-66-68-70-72-74-76-84(97)93-80(79-103-91-89(102)87(100)90(83(78-95)105-91)106-92-88(101)86(99)85(98)82(77-94)104-92)81(96)75-73-71-69-67-65-63-61-59-57-55-53-51-49-47-45-34-32-30-28-26-24-22-20-18-16-14-12-10-8-6-4-2/h5,7,11,13,17,19,23,25,29,31,35-36,38-39,41-42,44,46,50,52,56,58,65,67,73,75,80-83,85-92,94-96,98-102H,3-4,6,8-10,12,14-16,18,20-22,24,26-28,30,32-34,37,40,43,45,47-49,51,53-55,57,59-64,66,68-72,74,76-79H2,1-2H3,(H,93,97)/b7-5-,13-11-,19-17-,25-23-,31-29-,36-35-,39-38-,42-41-,46-44-,52-50-,58-56-,67-65+,75-73+. The zero-order chi connectivity index (χ0) is 76.5. The van der Waals surface area contributed by atoms with E-state index in [1.54, 1.807) is 6.08 Å². The van der Waals surface area contributed by atoms with Crippen LogP contribution < -0.4 is 5.32 Å². The minimum absolute atomic E-state index is 0.251. The molecule has 9 N–H and O–H groups in total. The van der Waals surface area contributed by atoms with Crippen molar-refractivity contribution in [3.05, 3.63) is 158 Å². The zero-order valence-electron chi connectivity index (χ0n) is 66.6. The van der Waals surface area contributed by atoms with E-state index in [1.165, 1.54) is 161 Å². The predicted molar refractivity (Wildman–Crippen MR) is 442 cm³/mol. The van der Waals surface area contributed by atoms with E-state index < -0.39 is 86.8 Å². The Labute approximate surface area is 645 Å². The number of nitrogens with one attached hydrogen (secondary N) is 1. The van der Waals surface area contributed by atoms with Crippen LogP contribution in [0.2, 0.25) is 0 Å². The molecule has 0 spiro atoms. The van der Waals surface area contributed by atoms with Crippen molar-refractivity contribution in [1.82, 2.24) is 5.32 Å². The van der Waals surface area contributed by atoms with E-state index in [1.807, 2.05) is 6.08 Å². The second-order valence-electron chi connectivity index (χ2n) is 29.2. The minimum atomic E-state index is -1.80. The molecule has 14 nitrogen and oxygen atoms in total. The van der Waals surface area contributed by atoms with Crippen molar-refractivity contribution in [3.63, 3.8) is 0 Å². The molecule has 2 aliphatic heterocycles. The first-order valence-corrected chi connectivity index (χ1v) is 42.7. The maximum Gasteiger partial charge on any atom is 0.220 e. The molecule has 2 aliphatic rings. The van der Waals surface area contributed by atoms with Gasteiger partial charge in [-0.3, -0.25) is 4.79 Å². The van der Waals surface area contributed by atoms with Gasteiger partial charge >= 0.3 is 0 Å². The fourth-order valence-corrected chi connectivity index (χ4v) is 13.0. The number of hydrogen-bond acceptors (Lipinski definition) is 13. The van der Waals surface area contributed by atoms with Crippen LogP contribution in [0.4, 0.5) is 0 Å². The fraction of sp³-hybridized carbons (Fsp3) is 0.707. The number of allylic oxidation sites excluding steroid dienone is 25. The van der Waals surface area contributed by atoms with E-state index in [4.69, 9.17) is 18.9 Å². The molecule has 0 bridgehead atoms. The molecule has 12 atom stereocenters. The van der Waals surface area contributed by atoms with Crippen LogP contribution in [-0.2, 0) is 23.7 Å². The summed E-state index contributed by atoms with van der Waals surface area (Å²) in [5, 5.41) is 87.7. The lowest BCUT2D eigenvalue weighted by molar-refractivity contribution is -0.359. The van der Waals surface area contributed by atoms with Crippen molar-refractivity contribution in [2.24, 2.45) is 0 Å². The van der Waals surface area contributed by atoms with Gasteiger partial charge in [-0.25, -0.2) is 0 Å². The van der Waals surface area contributed by atoms with E-state index in [-0.39, 0.29) is 18.9 Å². The van der Waals surface area contributed by atoms with Crippen LogP contribution in [0.25, 0.3) is 0 Å². The molecule has 2 fully saturated rings. The number of rotatable bonds is 70. The summed E-state index contributed by atoms with van der Waals surface area (Å²) in [5.74, 6) is -0.263. The molecule has 14 heteroatoms. The highest BCUT2D eigenvalue weighted by Gasteiger charge is 2.51. The van der Waals surface area contributed by atoms with Gasteiger partial charge in [0.25, 0.3) is 0 Å². The average Bonchev–Trinajstić information content (AvgIpc) is 0.790. The van der Waals surface area contributed by atoms with Crippen LogP contribution in [0.3, 0.4) is 0 Å². The van der Waals surface area contributed by atoms with Crippen molar-refractivity contribution >= 4 is 5.91 Å². The van der Waals surface area contributed by atoms with Gasteiger partial charge in [0.05, 0.1) is 32.0 Å². The van der Waals surface area contributed by atoms with Crippen molar-refractivity contribution < 1.29 is 64.6 Å². The highest BCUT2D eigenvalue weighted by molar-refractivity contribution is 5.76. The van der Waals surface area contributed by atoms with Gasteiger partial charge in [-0.1, -0.05) is 358 Å². The third-order valence-corrected chi connectivity index (χ3v) is 19.7. The quantitative estimate of drug-likeness (QED) is 0.0204. The van der Waals surface area contributed by atoms with Crippen LogP contribution in [0, 0.1) is 0 Å². The number of carbonyl (C=O) groups excluding carboxylic acids is 1. The summed E-state index contributed by atoms with van der Waals surface area (Å²) in [6.07, 6.45) is 96.1. The molecule has 0 aromatic carbocycles. The molecule has 606 valence electrons. The van der Waals surface area contributed by atoms with Crippen molar-refractivity contribution in [3.8, 4) is 0 Å². The minimum Gasteiger partial charge on any atom is -0.394 e. The van der Waals surface area contributed by atoms with E-state index in [0.717, 1.165) is 128 Å². The first-order valence-electron chi connectivity index (χ1n) is 42.7. The summed E-state index contributed by atoms with van der Waals surface area (Å²) in [4.78, 5) is 13.4. The van der Waals surface area contributed by atoms with Gasteiger partial charge < -0.3 is 65.1 Å². The van der Waals surface area contributed by atoms with E-state index in [2.05, 4.69) is 165 Å². The Morgan fingerprint density at radius 3 is 1.04 bits per heavy atom. The number of carbonyl (C=O) groups is 1. The van der Waals surface area contributed by atoms with Crippen LogP contribution in [0.5, 0.6) is 0 Å². The molecule has 1 amide bonds. The molecule has 2 saturated heterocycles. The zero-order valence-corrected chi connectivity index (χ0v) is 66.6. The molecule has 12 unspecified atom stereocenters. The molecule has 0 aliphatic carbocycles. The highest BCUT2D eigenvalue weighted by Crippen LogP contribution is 2.30. The Balaban J connectivity index is 1.63. The Kier molecular flexibility index (Phi) is 67.7. The lowest BCUT2D eigenvalue weighted by atomic mass is 9.97. The Morgan fingerprint density at radius 1 is 0.349 bits per heavy atom. The van der Waals surface area contributed by atoms with Crippen LogP contribution >= 0.6 is 0 Å². The summed E-state index contributed by atoms with van der Waals surface area (Å²) in [6.45, 7) is 2.69. The summed E-state index contributed by atoms with van der Waals surface area (Å²) >= 11 is 0. The second-order valence-corrected chi connectivity index (χ2v) is 29.2. The Hall–Kier alpha value is -4.39. The molecule has 0 saturated carbocycles. The second kappa shape index (κ2) is 73.4. The Bertz CT molecular complexity index is 2400. The summed E-state index contributed by atoms with van der Waals surface area (Å²) in [6, 6.07) is -0.952. The third kappa shape index (κ3) is 55.1. The maximum atomic E-state index is 13.4. The maximum absolute atomic E-state index is 13.4. The number of aliphatic hydroxyl groups excluding tert-OH is 8. The molecule has 2 heterocycles. The van der Waals surface area contributed by atoms with Gasteiger partial charge in [0.2, 0.25) is 5.91 Å². The number of unbranched alkanes of at least 4 members (excludes halogenated alkanes) is 33. The molecular weight excluding hydrogens is 1330 g/mol. The van der Waals surface area contributed by atoms with Crippen molar-refractivity contribution in [1.29, 1.82) is 0 Å². The Morgan fingerprint density at radius 2 is 0.660 bits per heavy atom. The first-order chi connectivity index (χ1) is 52.1. The van der Waals surface area contributed by atoms with Gasteiger partial charge in [-0.05, 0) is 116 Å². The van der Waals surface area contributed by atoms with Crippen molar-refractivity contribution in [2.45, 2.75) is 396 Å². The highest BCUT2D eigenvalue weighted by atomic mass is 16.7. The largest absolute Gasteiger partial charge is 0.394 e.